The summed E-state index contributed by atoms with van der Waals surface area (Å²) in [5, 5.41) is 1.18. The van der Waals surface area contributed by atoms with Crippen molar-refractivity contribution in [2.75, 3.05) is 0 Å². The average Bonchev–Trinajstić information content (AvgIpc) is 2.45. The number of hydrogen-bond acceptors (Lipinski definition) is 1. The van der Waals surface area contributed by atoms with Gasteiger partial charge in [0.05, 0.1) is 10.7 Å². The molecule has 0 aliphatic rings. The predicted octanol–water partition coefficient (Wildman–Crippen LogP) is 3.50. The van der Waals surface area contributed by atoms with Crippen LogP contribution in [0.2, 0.25) is 0 Å². The second-order valence-electron chi connectivity index (χ2n) is 2.53. The van der Waals surface area contributed by atoms with E-state index in [1.54, 1.807) is 6.26 Å². The van der Waals surface area contributed by atoms with Crippen LogP contribution in [0.4, 0.5) is 0 Å². The van der Waals surface area contributed by atoms with Gasteiger partial charge >= 0.3 is 0 Å². The van der Waals surface area contributed by atoms with Crippen LogP contribution in [0.3, 0.4) is 0 Å². The monoisotopic (exact) mass is 210 g/mol. The van der Waals surface area contributed by atoms with Gasteiger partial charge in [0.2, 0.25) is 0 Å². The van der Waals surface area contributed by atoms with Gasteiger partial charge in [-0.05, 0) is 40.5 Å². The van der Waals surface area contributed by atoms with Crippen molar-refractivity contribution in [1.29, 1.82) is 0 Å². The van der Waals surface area contributed by atoms with Crippen molar-refractivity contribution in [2.24, 2.45) is 0 Å². The zero-order valence-corrected chi connectivity index (χ0v) is 7.68. The van der Waals surface area contributed by atoms with Crippen molar-refractivity contribution in [1.82, 2.24) is 0 Å². The van der Waals surface area contributed by atoms with Crippen LogP contribution in [0.5, 0.6) is 0 Å². The molecule has 1 nitrogen and oxygen atoms in total. The molecule has 1 aromatic heterocycles. The Morgan fingerprint density at radius 1 is 1.27 bits per heavy atom. The first-order valence-corrected chi connectivity index (χ1v) is 4.20. The third kappa shape index (κ3) is 0.979. The van der Waals surface area contributed by atoms with Gasteiger partial charge in [-0.1, -0.05) is 6.07 Å². The standard InChI is InChI=1S/C9H7BrO/c1-6-2-3-8(10)9-7(6)4-5-11-9/h2-5H,1H3. The summed E-state index contributed by atoms with van der Waals surface area (Å²) in [6.45, 7) is 2.07. The van der Waals surface area contributed by atoms with Crippen molar-refractivity contribution in [3.05, 3.63) is 34.5 Å². The van der Waals surface area contributed by atoms with E-state index >= 15 is 0 Å². The van der Waals surface area contributed by atoms with Gasteiger partial charge in [0.15, 0.2) is 0 Å². The highest BCUT2D eigenvalue weighted by molar-refractivity contribution is 9.10. The van der Waals surface area contributed by atoms with Crippen LogP contribution in [-0.4, -0.2) is 0 Å². The minimum absolute atomic E-state index is 0.935. The Morgan fingerprint density at radius 2 is 2.09 bits per heavy atom. The molecular weight excluding hydrogens is 204 g/mol. The predicted molar refractivity (Wildman–Crippen MR) is 48.7 cm³/mol. The molecule has 0 aliphatic heterocycles. The van der Waals surface area contributed by atoms with E-state index in [1.165, 1.54) is 10.9 Å². The quantitative estimate of drug-likeness (QED) is 0.649. The number of furan rings is 1. The molecule has 56 valence electrons. The average molecular weight is 211 g/mol. The van der Waals surface area contributed by atoms with E-state index < -0.39 is 0 Å². The Balaban J connectivity index is 2.96. The van der Waals surface area contributed by atoms with Gasteiger partial charge in [-0.3, -0.25) is 0 Å². The number of benzene rings is 1. The van der Waals surface area contributed by atoms with Crippen LogP contribution in [0, 0.1) is 6.92 Å². The van der Waals surface area contributed by atoms with Gasteiger partial charge < -0.3 is 4.42 Å². The Hall–Kier alpha value is -0.760. The molecule has 1 heterocycles. The highest BCUT2D eigenvalue weighted by Gasteiger charge is 2.02. The molecule has 0 fully saturated rings. The highest BCUT2D eigenvalue weighted by Crippen LogP contribution is 2.26. The normalized spacial score (nSPS) is 10.7. The number of rotatable bonds is 0. The molecular formula is C9H7BrO. The Bertz CT molecular complexity index is 353. The minimum atomic E-state index is 0.935. The fraction of sp³-hybridized carbons (Fsp3) is 0.111. The van der Waals surface area contributed by atoms with Crippen LogP contribution < -0.4 is 0 Å². The lowest BCUT2D eigenvalue weighted by Gasteiger charge is -1.95. The number of aryl methyl sites for hydroxylation is 1. The molecule has 11 heavy (non-hydrogen) atoms. The summed E-state index contributed by atoms with van der Waals surface area (Å²) < 4.78 is 6.30. The smallest absolute Gasteiger partial charge is 0.148 e. The zero-order valence-electron chi connectivity index (χ0n) is 6.10. The molecule has 0 unspecified atom stereocenters. The van der Waals surface area contributed by atoms with Crippen molar-refractivity contribution in [2.45, 2.75) is 6.92 Å². The largest absolute Gasteiger partial charge is 0.463 e. The summed E-state index contributed by atoms with van der Waals surface area (Å²) in [5.74, 6) is 0. The fourth-order valence-corrected chi connectivity index (χ4v) is 1.61. The summed E-state index contributed by atoms with van der Waals surface area (Å²) in [6.07, 6.45) is 1.71. The van der Waals surface area contributed by atoms with E-state index in [-0.39, 0.29) is 0 Å². The maximum absolute atomic E-state index is 5.28. The summed E-state index contributed by atoms with van der Waals surface area (Å²) in [6, 6.07) is 6.05. The molecule has 1 aromatic carbocycles. The summed E-state index contributed by atoms with van der Waals surface area (Å²) in [5.41, 5.74) is 2.18. The minimum Gasteiger partial charge on any atom is -0.463 e. The summed E-state index contributed by atoms with van der Waals surface area (Å²) in [4.78, 5) is 0. The summed E-state index contributed by atoms with van der Waals surface area (Å²) >= 11 is 3.42. The lowest BCUT2D eigenvalue weighted by molar-refractivity contribution is 0.614. The molecule has 0 atom stereocenters. The first-order chi connectivity index (χ1) is 5.29. The SMILES string of the molecule is Cc1ccc(Br)c2occc12. The Labute approximate surface area is 73.1 Å². The number of halogens is 1. The van der Waals surface area contributed by atoms with Crippen LogP contribution in [0.25, 0.3) is 11.0 Å². The molecule has 0 aliphatic carbocycles. The summed E-state index contributed by atoms with van der Waals surface area (Å²) in [7, 11) is 0. The van der Waals surface area contributed by atoms with Crippen molar-refractivity contribution in [3.63, 3.8) is 0 Å². The van der Waals surface area contributed by atoms with E-state index in [0.29, 0.717) is 0 Å². The highest BCUT2D eigenvalue weighted by atomic mass is 79.9. The second-order valence-corrected chi connectivity index (χ2v) is 3.38. The number of fused-ring (bicyclic) bond motifs is 1. The molecule has 0 saturated carbocycles. The fourth-order valence-electron chi connectivity index (χ4n) is 1.17. The Morgan fingerprint density at radius 3 is 2.82 bits per heavy atom. The maximum atomic E-state index is 5.28. The Kier molecular flexibility index (Phi) is 1.50. The molecule has 0 spiro atoms. The van der Waals surface area contributed by atoms with E-state index in [0.717, 1.165) is 10.1 Å². The van der Waals surface area contributed by atoms with E-state index in [2.05, 4.69) is 28.9 Å². The lowest BCUT2D eigenvalue weighted by atomic mass is 10.1. The third-order valence-electron chi connectivity index (χ3n) is 1.79. The van der Waals surface area contributed by atoms with Gasteiger partial charge in [0.25, 0.3) is 0 Å². The topological polar surface area (TPSA) is 13.1 Å². The molecule has 0 saturated heterocycles. The van der Waals surface area contributed by atoms with Gasteiger partial charge in [0.1, 0.15) is 5.58 Å². The zero-order chi connectivity index (χ0) is 7.84. The molecule has 0 N–H and O–H groups in total. The molecule has 2 heteroatoms. The van der Waals surface area contributed by atoms with Gasteiger partial charge in [-0.15, -0.1) is 0 Å². The third-order valence-corrected chi connectivity index (χ3v) is 2.41. The van der Waals surface area contributed by atoms with Crippen LogP contribution in [0.1, 0.15) is 5.56 Å². The number of hydrogen-bond donors (Lipinski definition) is 0. The molecule has 0 amide bonds. The van der Waals surface area contributed by atoms with Crippen LogP contribution in [-0.2, 0) is 0 Å². The van der Waals surface area contributed by atoms with E-state index in [4.69, 9.17) is 4.42 Å². The van der Waals surface area contributed by atoms with Gasteiger partial charge in [-0.2, -0.15) is 0 Å². The maximum Gasteiger partial charge on any atom is 0.148 e. The van der Waals surface area contributed by atoms with Crippen LogP contribution >= 0.6 is 15.9 Å². The molecule has 0 bridgehead atoms. The first-order valence-electron chi connectivity index (χ1n) is 3.41. The van der Waals surface area contributed by atoms with Crippen molar-refractivity contribution >= 4 is 26.9 Å². The molecule has 0 radical (unpaired) electrons. The lowest BCUT2D eigenvalue weighted by Crippen LogP contribution is -1.72. The van der Waals surface area contributed by atoms with Crippen LogP contribution in [0.15, 0.2) is 33.4 Å². The van der Waals surface area contributed by atoms with Crippen molar-refractivity contribution < 1.29 is 4.42 Å². The molecule has 2 rings (SSSR count). The van der Waals surface area contributed by atoms with E-state index in [1.807, 2.05) is 12.1 Å². The second kappa shape index (κ2) is 2.38. The first kappa shape index (κ1) is 6.92. The van der Waals surface area contributed by atoms with Crippen molar-refractivity contribution in [3.8, 4) is 0 Å². The molecule has 2 aromatic rings. The van der Waals surface area contributed by atoms with E-state index in [9.17, 15) is 0 Å². The van der Waals surface area contributed by atoms with Gasteiger partial charge in [-0.25, -0.2) is 0 Å². The van der Waals surface area contributed by atoms with Gasteiger partial charge in [0, 0.05) is 5.39 Å².